The number of nitrogens with zero attached hydrogens (tertiary/aromatic N) is 3. The predicted octanol–water partition coefficient (Wildman–Crippen LogP) is 2.93. The number of carbonyl (C=O) groups is 2. The summed E-state index contributed by atoms with van der Waals surface area (Å²) in [5.74, 6) is -2.77. The van der Waals surface area contributed by atoms with Gasteiger partial charge in [-0.25, -0.2) is 9.78 Å². The zero-order chi connectivity index (χ0) is 21.6. The van der Waals surface area contributed by atoms with Gasteiger partial charge in [0.1, 0.15) is 0 Å². The number of H-pyrrole nitrogens is 1. The summed E-state index contributed by atoms with van der Waals surface area (Å²) in [6, 6.07) is 5.97. The molecule has 156 valence electrons. The minimum absolute atomic E-state index is 0.0144. The lowest BCUT2D eigenvalue weighted by Crippen LogP contribution is -2.22. The van der Waals surface area contributed by atoms with Crippen molar-refractivity contribution < 1.29 is 27.9 Å². The van der Waals surface area contributed by atoms with Crippen molar-refractivity contribution in [3.05, 3.63) is 41.2 Å². The van der Waals surface area contributed by atoms with Gasteiger partial charge in [0.05, 0.1) is 16.7 Å². The summed E-state index contributed by atoms with van der Waals surface area (Å²) < 4.78 is 31.7. The number of carboxylic acid groups (broad SMARTS) is 1. The van der Waals surface area contributed by atoms with Crippen LogP contribution in [0, 0.1) is 0 Å². The molecule has 0 unspecified atom stereocenters. The van der Waals surface area contributed by atoms with Crippen LogP contribution < -0.4 is 10.2 Å². The smallest absolute Gasteiger partial charge is 0.475 e. The fourth-order valence-electron chi connectivity index (χ4n) is 2.10. The quantitative estimate of drug-likeness (QED) is 0.575. The van der Waals surface area contributed by atoms with Gasteiger partial charge in [-0.3, -0.25) is 14.7 Å². The van der Waals surface area contributed by atoms with E-state index in [9.17, 15) is 18.0 Å². The van der Waals surface area contributed by atoms with Gasteiger partial charge in [0.25, 0.3) is 0 Å². The second kappa shape index (κ2) is 9.47. The predicted molar refractivity (Wildman–Crippen MR) is 102 cm³/mol. The Labute approximate surface area is 167 Å². The van der Waals surface area contributed by atoms with Crippen molar-refractivity contribution in [2.45, 2.75) is 26.2 Å². The Balaban J connectivity index is 0.000000370. The Morgan fingerprint density at radius 1 is 1.34 bits per heavy atom. The van der Waals surface area contributed by atoms with Crippen LogP contribution in [0.5, 0.6) is 0 Å². The number of nitrogens with one attached hydrogen (secondary N) is 2. The molecule has 12 heteroatoms. The maximum atomic E-state index is 11.3. The number of aromatic nitrogens is 3. The molecule has 0 spiro atoms. The summed E-state index contributed by atoms with van der Waals surface area (Å²) in [5, 5.41) is 13.2. The lowest BCUT2D eigenvalue weighted by atomic mass is 10.3. The number of carboxylic acids is 1. The fraction of sp³-hybridized carbons (Fsp3) is 0.294. The molecule has 0 aromatic carbocycles. The molecule has 3 aromatic heterocycles. The second-order valence-corrected chi connectivity index (χ2v) is 6.67. The number of alkyl halides is 3. The van der Waals surface area contributed by atoms with Crippen LogP contribution in [0.25, 0.3) is 11.0 Å². The molecular formula is C17H18F3N5O3S. The second-order valence-electron chi connectivity index (χ2n) is 5.84. The monoisotopic (exact) mass is 429 g/mol. The molecular weight excluding hydrogens is 411 g/mol. The van der Waals surface area contributed by atoms with E-state index in [2.05, 4.69) is 20.3 Å². The van der Waals surface area contributed by atoms with Crippen molar-refractivity contribution >= 4 is 39.4 Å². The number of hydrogen-bond donors (Lipinski definition) is 3. The zero-order valence-electron chi connectivity index (χ0n) is 15.4. The fourth-order valence-corrected chi connectivity index (χ4v) is 2.93. The van der Waals surface area contributed by atoms with E-state index in [0.29, 0.717) is 13.1 Å². The molecule has 0 aliphatic carbocycles. The van der Waals surface area contributed by atoms with Crippen LogP contribution in [0.2, 0.25) is 0 Å². The summed E-state index contributed by atoms with van der Waals surface area (Å²) in [4.78, 5) is 33.8. The van der Waals surface area contributed by atoms with E-state index in [1.807, 2.05) is 23.6 Å². The van der Waals surface area contributed by atoms with Gasteiger partial charge in [-0.15, -0.1) is 11.3 Å². The lowest BCUT2D eigenvalue weighted by molar-refractivity contribution is -0.192. The number of hydrogen-bond acceptors (Lipinski definition) is 6. The molecule has 3 heterocycles. The van der Waals surface area contributed by atoms with Crippen LogP contribution in [0.15, 0.2) is 29.8 Å². The van der Waals surface area contributed by atoms with Crippen molar-refractivity contribution in [3.63, 3.8) is 0 Å². The molecule has 3 N–H and O–H groups in total. The lowest BCUT2D eigenvalue weighted by Gasteiger charge is -2.09. The Morgan fingerprint density at radius 3 is 2.62 bits per heavy atom. The molecule has 0 fully saturated rings. The highest BCUT2D eigenvalue weighted by atomic mass is 32.1. The average Bonchev–Trinajstić information content (AvgIpc) is 3.27. The first-order chi connectivity index (χ1) is 13.6. The van der Waals surface area contributed by atoms with Crippen LogP contribution in [0.4, 0.5) is 18.3 Å². The molecule has 0 atom stereocenters. The van der Waals surface area contributed by atoms with Gasteiger partial charge in [0, 0.05) is 44.3 Å². The molecule has 3 aromatic rings. The molecule has 0 saturated carbocycles. The molecule has 1 amide bonds. The molecule has 8 nitrogen and oxygen atoms in total. The standard InChI is InChI=1S/C15H17N5OS.C2HF3O2/c1-10(21)20(2)15-19-12(9-22-15)8-16-7-11-6-14-13(18-11)4-3-5-17-14;3-2(4,5)1(6)7/h3-6,9,16,18H,7-8H2,1-2H3;(H,6,7). The number of rotatable bonds is 5. The topological polar surface area (TPSA) is 111 Å². The van der Waals surface area contributed by atoms with Crippen LogP contribution in [-0.2, 0) is 22.7 Å². The maximum Gasteiger partial charge on any atom is 0.490 e. The highest BCUT2D eigenvalue weighted by molar-refractivity contribution is 7.14. The van der Waals surface area contributed by atoms with E-state index in [1.54, 1.807) is 18.1 Å². The van der Waals surface area contributed by atoms with E-state index in [0.717, 1.165) is 27.6 Å². The number of aromatic amines is 1. The minimum atomic E-state index is -5.08. The van der Waals surface area contributed by atoms with E-state index in [-0.39, 0.29) is 5.91 Å². The summed E-state index contributed by atoms with van der Waals surface area (Å²) in [7, 11) is 1.73. The maximum absolute atomic E-state index is 11.3. The zero-order valence-corrected chi connectivity index (χ0v) is 16.3. The summed E-state index contributed by atoms with van der Waals surface area (Å²) >= 11 is 1.47. The average molecular weight is 429 g/mol. The van der Waals surface area contributed by atoms with Crippen molar-refractivity contribution in [1.82, 2.24) is 20.3 Å². The number of pyridine rings is 1. The molecule has 0 bridgehead atoms. The number of halogens is 3. The summed E-state index contributed by atoms with van der Waals surface area (Å²) in [5.41, 5.74) is 4.03. The van der Waals surface area contributed by atoms with E-state index < -0.39 is 12.1 Å². The van der Waals surface area contributed by atoms with Gasteiger partial charge in [-0.05, 0) is 18.2 Å². The van der Waals surface area contributed by atoms with E-state index >= 15 is 0 Å². The van der Waals surface area contributed by atoms with Crippen molar-refractivity contribution in [3.8, 4) is 0 Å². The molecule has 0 aliphatic rings. The molecule has 3 rings (SSSR count). The SMILES string of the molecule is CC(=O)N(C)c1nc(CNCc2cc3ncccc3[nH]2)cs1.O=C(O)C(F)(F)F. The number of fused-ring (bicyclic) bond motifs is 1. The molecule has 0 radical (unpaired) electrons. The Hall–Kier alpha value is -2.99. The summed E-state index contributed by atoms with van der Waals surface area (Å²) in [6.45, 7) is 2.90. The van der Waals surface area contributed by atoms with Gasteiger partial charge in [0.2, 0.25) is 5.91 Å². The number of aliphatic carboxylic acids is 1. The Bertz CT molecular complexity index is 953. The van der Waals surface area contributed by atoms with Crippen molar-refractivity contribution in [2.75, 3.05) is 11.9 Å². The number of carbonyl (C=O) groups excluding carboxylic acids is 1. The van der Waals surface area contributed by atoms with E-state index in [1.165, 1.54) is 18.3 Å². The van der Waals surface area contributed by atoms with Crippen LogP contribution >= 0.6 is 11.3 Å². The highest BCUT2D eigenvalue weighted by Crippen LogP contribution is 2.19. The van der Waals surface area contributed by atoms with Gasteiger partial charge >= 0.3 is 12.1 Å². The van der Waals surface area contributed by atoms with Gasteiger partial charge in [0.15, 0.2) is 5.13 Å². The minimum Gasteiger partial charge on any atom is -0.475 e. The number of anilines is 1. The first-order valence-corrected chi connectivity index (χ1v) is 9.08. The van der Waals surface area contributed by atoms with Crippen LogP contribution in [0.3, 0.4) is 0 Å². The van der Waals surface area contributed by atoms with Crippen LogP contribution in [0.1, 0.15) is 18.3 Å². The Morgan fingerprint density at radius 2 is 2.03 bits per heavy atom. The molecule has 0 saturated heterocycles. The van der Waals surface area contributed by atoms with E-state index in [4.69, 9.17) is 9.90 Å². The van der Waals surface area contributed by atoms with Gasteiger partial charge in [-0.2, -0.15) is 13.2 Å². The van der Waals surface area contributed by atoms with Gasteiger partial charge in [-0.1, -0.05) is 0 Å². The number of thiazole rings is 1. The van der Waals surface area contributed by atoms with Gasteiger partial charge < -0.3 is 15.4 Å². The molecule has 29 heavy (non-hydrogen) atoms. The largest absolute Gasteiger partial charge is 0.490 e. The molecule has 0 aliphatic heterocycles. The number of amides is 1. The highest BCUT2D eigenvalue weighted by Gasteiger charge is 2.38. The third kappa shape index (κ3) is 6.54. The first-order valence-electron chi connectivity index (χ1n) is 8.20. The Kier molecular flexibility index (Phi) is 7.29. The third-order valence-corrected chi connectivity index (χ3v) is 4.57. The normalized spacial score (nSPS) is 11.1. The summed E-state index contributed by atoms with van der Waals surface area (Å²) in [6.07, 6.45) is -3.30. The third-order valence-electron chi connectivity index (χ3n) is 3.61. The van der Waals surface area contributed by atoms with Crippen molar-refractivity contribution in [1.29, 1.82) is 0 Å². The van der Waals surface area contributed by atoms with Crippen molar-refractivity contribution in [2.24, 2.45) is 0 Å². The van der Waals surface area contributed by atoms with Crippen LogP contribution in [-0.4, -0.2) is 45.2 Å². The first kappa shape index (κ1) is 22.3.